The number of nitrogens with zero attached hydrogens (tertiary/aromatic N) is 2. The van der Waals surface area contributed by atoms with Crippen LogP contribution in [0.2, 0.25) is 0 Å². The summed E-state index contributed by atoms with van der Waals surface area (Å²) in [6, 6.07) is 10.0. The predicted molar refractivity (Wildman–Crippen MR) is 76.5 cm³/mol. The molecule has 4 nitrogen and oxygen atoms in total. The lowest BCUT2D eigenvalue weighted by atomic mass is 9.75. The molecule has 98 valence electrons. The molecular weight excluding hydrogens is 238 g/mol. The van der Waals surface area contributed by atoms with Gasteiger partial charge in [0.2, 0.25) is 0 Å². The number of hydrazone groups is 1. The minimum atomic E-state index is -0.416. The molecule has 2 aliphatic rings. The average Bonchev–Trinajstić information content (AvgIpc) is 2.89. The van der Waals surface area contributed by atoms with E-state index in [4.69, 9.17) is 0 Å². The molecule has 0 spiro atoms. The van der Waals surface area contributed by atoms with E-state index in [1.807, 2.05) is 61.3 Å². The van der Waals surface area contributed by atoms with Gasteiger partial charge in [0.05, 0.1) is 23.4 Å². The van der Waals surface area contributed by atoms with Crippen molar-refractivity contribution in [3.8, 4) is 0 Å². The van der Waals surface area contributed by atoms with Crippen LogP contribution in [-0.2, 0) is 0 Å². The number of nitrogens with one attached hydrogen (secondary N) is 1. The Hall–Kier alpha value is -2.07. The molecule has 19 heavy (non-hydrogen) atoms. The Morgan fingerprint density at radius 3 is 2.68 bits per heavy atom. The predicted octanol–water partition coefficient (Wildman–Crippen LogP) is 2.21. The van der Waals surface area contributed by atoms with Crippen LogP contribution in [0.15, 0.2) is 58.9 Å². The highest BCUT2D eigenvalue weighted by molar-refractivity contribution is 6.11. The molecule has 0 saturated heterocycles. The third kappa shape index (κ3) is 1.68. The summed E-state index contributed by atoms with van der Waals surface area (Å²) in [5, 5.41) is 16.1. The fraction of sp³-hybridized carbons (Fsp3) is 0.267. The van der Waals surface area contributed by atoms with Gasteiger partial charge in [0, 0.05) is 0 Å². The van der Waals surface area contributed by atoms with Crippen LogP contribution in [0.5, 0.6) is 0 Å². The van der Waals surface area contributed by atoms with E-state index in [9.17, 15) is 5.11 Å². The van der Waals surface area contributed by atoms with Gasteiger partial charge in [-0.1, -0.05) is 29.8 Å². The number of fused-ring (bicyclic) bond motifs is 1. The first-order valence-electron chi connectivity index (χ1n) is 6.36. The largest absolute Gasteiger partial charge is 0.395 e. The quantitative estimate of drug-likeness (QED) is 0.851. The molecule has 1 aliphatic heterocycles. The lowest BCUT2D eigenvalue weighted by molar-refractivity contribution is 0.224. The standard InChI is InChI=1S/C15H17N3O/c1-11-8-9-13-14(15(11,2)10-19)16-17-18(13)12-6-4-3-5-7-12/h3-9,17,19H,10H2,1-2H3. The highest BCUT2D eigenvalue weighted by Gasteiger charge is 2.41. The maximum atomic E-state index is 9.73. The van der Waals surface area contributed by atoms with Crippen LogP contribution in [0.25, 0.3) is 0 Å². The van der Waals surface area contributed by atoms with Crippen LogP contribution >= 0.6 is 0 Å². The minimum absolute atomic E-state index is 0.0514. The minimum Gasteiger partial charge on any atom is -0.395 e. The van der Waals surface area contributed by atoms with E-state index in [0.717, 1.165) is 22.7 Å². The number of hydrogen-bond acceptors (Lipinski definition) is 4. The van der Waals surface area contributed by atoms with Crippen molar-refractivity contribution in [2.24, 2.45) is 10.5 Å². The Kier molecular flexibility index (Phi) is 2.68. The molecule has 2 N–H and O–H groups in total. The number of benzene rings is 1. The number of anilines is 1. The molecule has 3 rings (SSSR count). The maximum absolute atomic E-state index is 9.73. The molecule has 1 aliphatic carbocycles. The van der Waals surface area contributed by atoms with Crippen molar-refractivity contribution in [1.29, 1.82) is 0 Å². The van der Waals surface area contributed by atoms with Gasteiger partial charge in [-0.3, -0.25) is 0 Å². The van der Waals surface area contributed by atoms with E-state index >= 15 is 0 Å². The number of allylic oxidation sites excluding steroid dienone is 3. The Balaban J connectivity index is 2.02. The number of hydrazine groups is 1. The van der Waals surface area contributed by atoms with Crippen LogP contribution in [-0.4, -0.2) is 17.4 Å². The van der Waals surface area contributed by atoms with E-state index in [1.165, 1.54) is 0 Å². The fourth-order valence-electron chi connectivity index (χ4n) is 2.42. The van der Waals surface area contributed by atoms with Gasteiger partial charge in [0.25, 0.3) is 0 Å². The summed E-state index contributed by atoms with van der Waals surface area (Å²) >= 11 is 0. The summed E-state index contributed by atoms with van der Waals surface area (Å²) in [4.78, 5) is 0. The molecule has 1 heterocycles. The van der Waals surface area contributed by atoms with E-state index in [-0.39, 0.29) is 6.61 Å². The molecular formula is C15H17N3O. The second-order valence-corrected chi connectivity index (χ2v) is 5.12. The van der Waals surface area contributed by atoms with Gasteiger partial charge in [-0.15, -0.1) is 0 Å². The molecule has 1 atom stereocenters. The summed E-state index contributed by atoms with van der Waals surface area (Å²) in [5.41, 5.74) is 6.65. The average molecular weight is 255 g/mol. The summed E-state index contributed by atoms with van der Waals surface area (Å²) in [5.74, 6) is 0. The van der Waals surface area contributed by atoms with Crippen LogP contribution in [0.1, 0.15) is 13.8 Å². The molecule has 0 bridgehead atoms. The lowest BCUT2D eigenvalue weighted by Crippen LogP contribution is -2.38. The van der Waals surface area contributed by atoms with Crippen molar-refractivity contribution in [2.45, 2.75) is 13.8 Å². The first-order chi connectivity index (χ1) is 9.16. The first-order valence-corrected chi connectivity index (χ1v) is 6.36. The summed E-state index contributed by atoms with van der Waals surface area (Å²) in [6.45, 7) is 4.09. The second kappa shape index (κ2) is 4.24. The molecule has 1 aromatic carbocycles. The van der Waals surface area contributed by atoms with Crippen LogP contribution < -0.4 is 10.5 Å². The highest BCUT2D eigenvalue weighted by atomic mass is 16.3. The van der Waals surface area contributed by atoms with Gasteiger partial charge >= 0.3 is 0 Å². The lowest BCUT2D eigenvalue weighted by Gasteiger charge is -2.32. The summed E-state index contributed by atoms with van der Waals surface area (Å²) in [7, 11) is 0. The topological polar surface area (TPSA) is 47.9 Å². The van der Waals surface area contributed by atoms with E-state index in [0.29, 0.717) is 0 Å². The molecule has 4 heteroatoms. The van der Waals surface area contributed by atoms with Gasteiger partial charge in [-0.25, -0.2) is 10.5 Å². The van der Waals surface area contributed by atoms with Crippen molar-refractivity contribution in [1.82, 2.24) is 5.53 Å². The van der Waals surface area contributed by atoms with E-state index < -0.39 is 5.41 Å². The zero-order valence-corrected chi connectivity index (χ0v) is 11.1. The van der Waals surface area contributed by atoms with Gasteiger partial charge in [-0.05, 0) is 32.1 Å². The normalized spacial score (nSPS) is 25.2. The number of para-hydroxylation sites is 1. The summed E-state index contributed by atoms with van der Waals surface area (Å²) in [6.07, 6.45) is 4.09. The second-order valence-electron chi connectivity index (χ2n) is 5.12. The molecule has 0 aromatic heterocycles. The number of aliphatic hydroxyl groups excluding tert-OH is 1. The monoisotopic (exact) mass is 255 g/mol. The SMILES string of the molecule is CC1=CC=C2C(=NNN2c2ccccc2)C1(C)CO. The van der Waals surface area contributed by atoms with Crippen molar-refractivity contribution in [3.63, 3.8) is 0 Å². The Morgan fingerprint density at radius 1 is 1.26 bits per heavy atom. The third-order valence-corrected chi connectivity index (χ3v) is 3.96. The van der Waals surface area contributed by atoms with Crippen LogP contribution in [0, 0.1) is 5.41 Å². The Bertz CT molecular complexity index is 589. The van der Waals surface area contributed by atoms with Gasteiger partial charge < -0.3 is 5.11 Å². The highest BCUT2D eigenvalue weighted by Crippen LogP contribution is 2.38. The van der Waals surface area contributed by atoms with Crippen LogP contribution in [0.3, 0.4) is 0 Å². The fourth-order valence-corrected chi connectivity index (χ4v) is 2.42. The smallest absolute Gasteiger partial charge is 0.100 e. The van der Waals surface area contributed by atoms with Gasteiger partial charge in [-0.2, -0.15) is 5.10 Å². The van der Waals surface area contributed by atoms with Crippen molar-refractivity contribution in [3.05, 3.63) is 53.8 Å². The number of aliphatic hydroxyl groups is 1. The van der Waals surface area contributed by atoms with Crippen molar-refractivity contribution < 1.29 is 5.11 Å². The van der Waals surface area contributed by atoms with Gasteiger partial charge in [0.1, 0.15) is 5.71 Å². The maximum Gasteiger partial charge on any atom is 0.100 e. The van der Waals surface area contributed by atoms with Crippen molar-refractivity contribution >= 4 is 11.4 Å². The third-order valence-electron chi connectivity index (χ3n) is 3.96. The molecule has 0 radical (unpaired) electrons. The van der Waals surface area contributed by atoms with Crippen LogP contribution in [0.4, 0.5) is 5.69 Å². The first kappa shape index (κ1) is 12.0. The molecule has 0 fully saturated rings. The number of rotatable bonds is 2. The van der Waals surface area contributed by atoms with Crippen molar-refractivity contribution in [2.75, 3.05) is 11.6 Å². The summed E-state index contributed by atoms with van der Waals surface area (Å²) < 4.78 is 0. The van der Waals surface area contributed by atoms with E-state index in [2.05, 4.69) is 10.6 Å². The molecule has 0 saturated carbocycles. The van der Waals surface area contributed by atoms with E-state index in [1.54, 1.807) is 0 Å². The number of hydrogen-bond donors (Lipinski definition) is 2. The molecule has 1 aromatic rings. The zero-order chi connectivity index (χ0) is 13.5. The Labute approximate surface area is 112 Å². The zero-order valence-electron chi connectivity index (χ0n) is 11.1. The Morgan fingerprint density at radius 2 is 2.00 bits per heavy atom. The van der Waals surface area contributed by atoms with Gasteiger partial charge in [0.15, 0.2) is 0 Å². The molecule has 0 amide bonds. The molecule has 1 unspecified atom stereocenters.